The first-order valence-corrected chi connectivity index (χ1v) is 12.1. The first-order valence-electron chi connectivity index (χ1n) is 12.1. The van der Waals surface area contributed by atoms with Crippen LogP contribution in [0, 0.1) is 0 Å². The lowest BCUT2D eigenvalue weighted by Gasteiger charge is -2.21. The lowest BCUT2D eigenvalue weighted by Crippen LogP contribution is -2.21. The summed E-state index contributed by atoms with van der Waals surface area (Å²) in [5.41, 5.74) is 4.52. The molecule has 2 heterocycles. The van der Waals surface area contributed by atoms with Gasteiger partial charge in [0.2, 0.25) is 0 Å². The molecule has 0 saturated heterocycles. The van der Waals surface area contributed by atoms with Crippen molar-refractivity contribution in [2.75, 3.05) is 37.0 Å². The number of fused-ring (bicyclic) bond motifs is 2. The zero-order valence-electron chi connectivity index (χ0n) is 20.9. The standard InChI is InChI=1S/C30H28N2O4/c1-5-32(6-2)21-13-10-19(11-14-21)25-18-28(33)36-29-23(25)8-7-9-24(29)26-16-20-12-15-22(31(3)4)17-27(20)35-30(26)34/h7-18H,5-6H2,1-4H3. The van der Waals surface area contributed by atoms with Crippen molar-refractivity contribution in [1.29, 1.82) is 0 Å². The summed E-state index contributed by atoms with van der Waals surface area (Å²) in [5.74, 6) is 0. The van der Waals surface area contributed by atoms with Crippen LogP contribution in [-0.4, -0.2) is 27.2 Å². The highest BCUT2D eigenvalue weighted by atomic mass is 16.4. The van der Waals surface area contributed by atoms with Gasteiger partial charge in [0, 0.05) is 67.0 Å². The summed E-state index contributed by atoms with van der Waals surface area (Å²) in [4.78, 5) is 29.9. The molecule has 6 nitrogen and oxygen atoms in total. The van der Waals surface area contributed by atoms with E-state index < -0.39 is 11.3 Å². The second-order valence-corrected chi connectivity index (χ2v) is 8.94. The average Bonchev–Trinajstić information content (AvgIpc) is 2.88. The lowest BCUT2D eigenvalue weighted by atomic mass is 9.97. The molecule has 2 aromatic heterocycles. The van der Waals surface area contributed by atoms with Crippen molar-refractivity contribution in [2.24, 2.45) is 0 Å². The smallest absolute Gasteiger partial charge is 0.344 e. The van der Waals surface area contributed by atoms with Gasteiger partial charge in [-0.05, 0) is 55.3 Å². The molecule has 0 unspecified atom stereocenters. The Kier molecular flexibility index (Phi) is 6.10. The van der Waals surface area contributed by atoms with Crippen LogP contribution in [0.1, 0.15) is 13.8 Å². The summed E-state index contributed by atoms with van der Waals surface area (Å²) in [6.45, 7) is 6.09. The summed E-state index contributed by atoms with van der Waals surface area (Å²) in [5, 5.41) is 1.54. The highest BCUT2D eigenvalue weighted by molar-refractivity contribution is 6.01. The molecule has 0 atom stereocenters. The Bertz CT molecular complexity index is 1680. The van der Waals surface area contributed by atoms with Crippen LogP contribution >= 0.6 is 0 Å². The Morgan fingerprint density at radius 3 is 2.14 bits per heavy atom. The highest BCUT2D eigenvalue weighted by Crippen LogP contribution is 2.34. The van der Waals surface area contributed by atoms with E-state index in [-0.39, 0.29) is 0 Å². The largest absolute Gasteiger partial charge is 0.422 e. The minimum absolute atomic E-state index is 0.350. The van der Waals surface area contributed by atoms with Crippen LogP contribution in [-0.2, 0) is 0 Å². The third-order valence-electron chi connectivity index (χ3n) is 6.60. The minimum Gasteiger partial charge on any atom is -0.422 e. The van der Waals surface area contributed by atoms with Gasteiger partial charge in [-0.2, -0.15) is 0 Å². The van der Waals surface area contributed by atoms with Gasteiger partial charge in [-0.25, -0.2) is 9.59 Å². The molecular weight excluding hydrogens is 452 g/mol. The molecule has 3 aromatic carbocycles. The van der Waals surface area contributed by atoms with E-state index in [1.807, 2.05) is 61.5 Å². The van der Waals surface area contributed by atoms with Crippen molar-refractivity contribution in [3.63, 3.8) is 0 Å². The molecule has 0 fully saturated rings. The molecule has 0 aliphatic heterocycles. The monoisotopic (exact) mass is 480 g/mol. The first kappa shape index (κ1) is 23.4. The van der Waals surface area contributed by atoms with Gasteiger partial charge in [0.1, 0.15) is 11.2 Å². The van der Waals surface area contributed by atoms with E-state index in [0.717, 1.165) is 46.4 Å². The van der Waals surface area contributed by atoms with E-state index in [1.165, 1.54) is 6.07 Å². The molecular formula is C30H28N2O4. The number of hydrogen-bond acceptors (Lipinski definition) is 6. The zero-order valence-corrected chi connectivity index (χ0v) is 20.9. The molecule has 0 amide bonds. The Hall–Kier alpha value is -4.32. The van der Waals surface area contributed by atoms with Gasteiger partial charge in [-0.3, -0.25) is 0 Å². The predicted octanol–water partition coefficient (Wildman–Crippen LogP) is 6.15. The van der Waals surface area contributed by atoms with E-state index >= 15 is 0 Å². The summed E-state index contributed by atoms with van der Waals surface area (Å²) in [6.07, 6.45) is 0. The van der Waals surface area contributed by atoms with Crippen molar-refractivity contribution in [3.05, 3.63) is 93.6 Å². The maximum atomic E-state index is 13.1. The van der Waals surface area contributed by atoms with Gasteiger partial charge >= 0.3 is 11.3 Å². The van der Waals surface area contributed by atoms with Crippen LogP contribution in [0.15, 0.2) is 91.2 Å². The molecule has 0 saturated carbocycles. The zero-order chi connectivity index (χ0) is 25.4. The fourth-order valence-corrected chi connectivity index (χ4v) is 4.64. The fraction of sp³-hybridized carbons (Fsp3) is 0.200. The van der Waals surface area contributed by atoms with Gasteiger partial charge in [0.25, 0.3) is 0 Å². The highest BCUT2D eigenvalue weighted by Gasteiger charge is 2.17. The predicted molar refractivity (Wildman–Crippen MR) is 147 cm³/mol. The maximum Gasteiger partial charge on any atom is 0.344 e. The Morgan fingerprint density at radius 1 is 0.722 bits per heavy atom. The second kappa shape index (κ2) is 9.38. The van der Waals surface area contributed by atoms with Crippen molar-refractivity contribution in [3.8, 4) is 22.3 Å². The number of rotatable bonds is 6. The van der Waals surface area contributed by atoms with Crippen molar-refractivity contribution in [2.45, 2.75) is 13.8 Å². The van der Waals surface area contributed by atoms with E-state index in [1.54, 1.807) is 12.1 Å². The molecule has 0 N–H and O–H groups in total. The van der Waals surface area contributed by atoms with E-state index in [2.05, 4.69) is 30.9 Å². The van der Waals surface area contributed by atoms with E-state index in [0.29, 0.717) is 22.3 Å². The van der Waals surface area contributed by atoms with Gasteiger partial charge in [-0.1, -0.05) is 30.3 Å². The Labute approximate surface area is 209 Å². The molecule has 5 rings (SSSR count). The molecule has 182 valence electrons. The number of nitrogens with zero attached hydrogens (tertiary/aromatic N) is 2. The molecule has 0 aliphatic carbocycles. The second-order valence-electron chi connectivity index (χ2n) is 8.94. The number of anilines is 2. The third-order valence-corrected chi connectivity index (χ3v) is 6.60. The van der Waals surface area contributed by atoms with Crippen LogP contribution in [0.2, 0.25) is 0 Å². The Morgan fingerprint density at radius 2 is 1.44 bits per heavy atom. The van der Waals surface area contributed by atoms with E-state index in [4.69, 9.17) is 8.83 Å². The molecule has 0 spiro atoms. The SMILES string of the molecule is CCN(CC)c1ccc(-c2cc(=O)oc3c(-c4cc5ccc(N(C)C)cc5oc4=O)cccc23)cc1. The maximum absolute atomic E-state index is 13.1. The minimum atomic E-state index is -0.484. The first-order chi connectivity index (χ1) is 17.4. The molecule has 0 aliphatic rings. The van der Waals surface area contributed by atoms with Gasteiger partial charge in [0.15, 0.2) is 0 Å². The van der Waals surface area contributed by atoms with Crippen LogP contribution in [0.4, 0.5) is 11.4 Å². The van der Waals surface area contributed by atoms with Crippen LogP contribution < -0.4 is 21.1 Å². The normalized spacial score (nSPS) is 11.2. The summed E-state index contributed by atoms with van der Waals surface area (Å²) >= 11 is 0. The molecule has 0 bridgehead atoms. The van der Waals surface area contributed by atoms with Crippen LogP contribution in [0.25, 0.3) is 44.2 Å². The van der Waals surface area contributed by atoms with Crippen molar-refractivity contribution in [1.82, 2.24) is 0 Å². The molecule has 36 heavy (non-hydrogen) atoms. The number of benzene rings is 3. The van der Waals surface area contributed by atoms with Crippen LogP contribution in [0.3, 0.4) is 0 Å². The Balaban J connectivity index is 1.67. The third kappa shape index (κ3) is 4.15. The quantitative estimate of drug-likeness (QED) is 0.272. The fourth-order valence-electron chi connectivity index (χ4n) is 4.64. The van der Waals surface area contributed by atoms with Gasteiger partial charge in [-0.15, -0.1) is 0 Å². The number of para-hydroxylation sites is 1. The molecule has 5 aromatic rings. The summed E-state index contributed by atoms with van der Waals surface area (Å²) in [6, 6.07) is 22.7. The van der Waals surface area contributed by atoms with Crippen molar-refractivity contribution >= 4 is 33.3 Å². The topological polar surface area (TPSA) is 66.9 Å². The summed E-state index contributed by atoms with van der Waals surface area (Å²) < 4.78 is 11.4. The van der Waals surface area contributed by atoms with E-state index in [9.17, 15) is 9.59 Å². The van der Waals surface area contributed by atoms with Crippen molar-refractivity contribution < 1.29 is 8.83 Å². The van der Waals surface area contributed by atoms with Gasteiger partial charge in [0.05, 0.1) is 5.56 Å². The van der Waals surface area contributed by atoms with Gasteiger partial charge < -0.3 is 18.6 Å². The summed E-state index contributed by atoms with van der Waals surface area (Å²) in [7, 11) is 3.86. The van der Waals surface area contributed by atoms with Crippen LogP contribution in [0.5, 0.6) is 0 Å². The molecule has 6 heteroatoms. The molecule has 0 radical (unpaired) electrons. The lowest BCUT2D eigenvalue weighted by molar-refractivity contribution is 0.556. The average molecular weight is 481 g/mol. The number of hydrogen-bond donors (Lipinski definition) is 0.